The molecule has 2 heterocycles. The molecule has 2 atom stereocenters. The maximum atomic E-state index is 12.5. The molecule has 0 unspecified atom stereocenters. The smallest absolute Gasteiger partial charge is 0.251 e. The summed E-state index contributed by atoms with van der Waals surface area (Å²) in [5.41, 5.74) is 1.27. The minimum absolute atomic E-state index is 0.134. The molecular weight excluding hydrogens is 258 g/mol. The van der Waals surface area contributed by atoms with E-state index in [2.05, 4.69) is 30.7 Å². The molecule has 1 amide bonds. The fourth-order valence-corrected chi connectivity index (χ4v) is 3.19. The first-order valence-corrected chi connectivity index (χ1v) is 7.98. The molecule has 1 aliphatic heterocycles. The molecule has 1 saturated heterocycles. The lowest BCUT2D eigenvalue weighted by atomic mass is 10.1. The predicted octanol–water partition coefficient (Wildman–Crippen LogP) is 3.47. The zero-order valence-corrected chi connectivity index (χ0v) is 12.8. The van der Waals surface area contributed by atoms with Gasteiger partial charge in [-0.05, 0) is 48.1 Å². The second kappa shape index (κ2) is 6.53. The molecule has 2 rings (SSSR count). The number of carbonyl (C=O) groups is 1. The van der Waals surface area contributed by atoms with E-state index in [0.29, 0.717) is 12.5 Å². The number of likely N-dealkylation sites (tertiary alicyclic amines) is 1. The minimum atomic E-state index is -0.332. The van der Waals surface area contributed by atoms with E-state index in [0.717, 1.165) is 19.4 Å². The number of carbonyl (C=O) groups excluding carboxylic acids is 1. The van der Waals surface area contributed by atoms with Gasteiger partial charge in [-0.3, -0.25) is 4.79 Å². The molecule has 0 saturated carbocycles. The van der Waals surface area contributed by atoms with Crippen LogP contribution in [0.15, 0.2) is 16.8 Å². The van der Waals surface area contributed by atoms with Crippen molar-refractivity contribution in [3.8, 4) is 0 Å². The lowest BCUT2D eigenvalue weighted by molar-refractivity contribution is -0.144. The second-order valence-electron chi connectivity index (χ2n) is 5.62. The van der Waals surface area contributed by atoms with Gasteiger partial charge in [0.15, 0.2) is 0 Å². The molecule has 19 heavy (non-hydrogen) atoms. The molecule has 1 aromatic rings. The average molecular weight is 281 g/mol. The summed E-state index contributed by atoms with van der Waals surface area (Å²) in [6.07, 6.45) is 1.82. The summed E-state index contributed by atoms with van der Waals surface area (Å²) >= 11 is 1.69. The first kappa shape index (κ1) is 14.5. The van der Waals surface area contributed by atoms with E-state index in [1.165, 1.54) is 5.56 Å². The molecule has 3 nitrogen and oxygen atoms in total. The van der Waals surface area contributed by atoms with Crippen LogP contribution in [0.1, 0.15) is 45.2 Å². The van der Waals surface area contributed by atoms with E-state index in [4.69, 9.17) is 4.74 Å². The van der Waals surface area contributed by atoms with E-state index in [1.807, 2.05) is 11.8 Å². The zero-order valence-electron chi connectivity index (χ0n) is 12.0. The Balaban J connectivity index is 1.97. The molecule has 1 aliphatic rings. The van der Waals surface area contributed by atoms with Crippen LogP contribution < -0.4 is 0 Å². The Morgan fingerprint density at radius 1 is 1.53 bits per heavy atom. The van der Waals surface area contributed by atoms with Crippen LogP contribution in [0, 0.1) is 5.92 Å². The van der Waals surface area contributed by atoms with Crippen molar-refractivity contribution in [3.05, 3.63) is 22.4 Å². The molecule has 0 aromatic carbocycles. The van der Waals surface area contributed by atoms with E-state index in [-0.39, 0.29) is 18.1 Å². The Morgan fingerprint density at radius 2 is 2.32 bits per heavy atom. The van der Waals surface area contributed by atoms with Crippen LogP contribution in [0.4, 0.5) is 0 Å². The third-order valence-electron chi connectivity index (χ3n) is 3.49. The van der Waals surface area contributed by atoms with Gasteiger partial charge in [-0.15, -0.1) is 0 Å². The fourth-order valence-electron chi connectivity index (χ4n) is 2.48. The van der Waals surface area contributed by atoms with Crippen LogP contribution in [-0.4, -0.2) is 30.1 Å². The van der Waals surface area contributed by atoms with Crippen molar-refractivity contribution in [1.82, 2.24) is 4.90 Å². The largest absolute Gasteiger partial charge is 0.368 e. The average Bonchev–Trinajstić information content (AvgIpc) is 3.03. The highest BCUT2D eigenvalue weighted by atomic mass is 32.1. The first-order valence-electron chi connectivity index (χ1n) is 7.03. The van der Waals surface area contributed by atoms with Crippen molar-refractivity contribution in [1.29, 1.82) is 0 Å². The van der Waals surface area contributed by atoms with Crippen molar-refractivity contribution in [3.63, 3.8) is 0 Å². The van der Waals surface area contributed by atoms with Gasteiger partial charge in [-0.2, -0.15) is 11.3 Å². The summed E-state index contributed by atoms with van der Waals surface area (Å²) in [4.78, 5) is 14.5. The summed E-state index contributed by atoms with van der Waals surface area (Å²) in [7, 11) is 0. The van der Waals surface area contributed by atoms with Gasteiger partial charge in [0, 0.05) is 13.2 Å². The number of rotatable bonds is 5. The lowest BCUT2D eigenvalue weighted by Gasteiger charge is -2.27. The number of nitrogens with zero attached hydrogens (tertiary/aromatic N) is 1. The predicted molar refractivity (Wildman–Crippen MR) is 78.3 cm³/mol. The van der Waals surface area contributed by atoms with Crippen LogP contribution in [0.25, 0.3) is 0 Å². The molecule has 0 spiro atoms. The summed E-state index contributed by atoms with van der Waals surface area (Å²) in [6, 6.07) is 2.38. The van der Waals surface area contributed by atoms with Crippen LogP contribution in [0.2, 0.25) is 0 Å². The SMILES string of the molecule is CC(C)CO[C@H](C)C(=O)N1CCC[C@@H]1c1ccsc1. The monoisotopic (exact) mass is 281 g/mol. The first-order chi connectivity index (χ1) is 9.09. The number of thiophene rings is 1. The molecule has 0 N–H and O–H groups in total. The summed E-state index contributed by atoms with van der Waals surface area (Å²) in [5.74, 6) is 0.593. The van der Waals surface area contributed by atoms with Gasteiger partial charge in [0.1, 0.15) is 6.10 Å². The number of hydrogen-bond acceptors (Lipinski definition) is 3. The van der Waals surface area contributed by atoms with Crippen LogP contribution in [-0.2, 0) is 9.53 Å². The summed E-state index contributed by atoms with van der Waals surface area (Å²) < 4.78 is 5.65. The molecular formula is C15H23NO2S. The zero-order chi connectivity index (χ0) is 13.8. The molecule has 1 fully saturated rings. The third kappa shape index (κ3) is 3.57. The van der Waals surface area contributed by atoms with Crippen molar-refractivity contribution >= 4 is 17.2 Å². The van der Waals surface area contributed by atoms with Crippen molar-refractivity contribution < 1.29 is 9.53 Å². The van der Waals surface area contributed by atoms with Crippen LogP contribution in [0.5, 0.6) is 0 Å². The van der Waals surface area contributed by atoms with Crippen LogP contribution in [0.3, 0.4) is 0 Å². The Morgan fingerprint density at radius 3 is 2.95 bits per heavy atom. The number of hydrogen-bond donors (Lipinski definition) is 0. The Bertz CT molecular complexity index is 402. The van der Waals surface area contributed by atoms with Crippen molar-refractivity contribution in [2.24, 2.45) is 5.92 Å². The maximum Gasteiger partial charge on any atom is 0.251 e. The van der Waals surface area contributed by atoms with Gasteiger partial charge in [-0.25, -0.2) is 0 Å². The van der Waals surface area contributed by atoms with Gasteiger partial charge in [0.05, 0.1) is 6.04 Å². The van der Waals surface area contributed by atoms with E-state index >= 15 is 0 Å². The summed E-state index contributed by atoms with van der Waals surface area (Å²) in [6.45, 7) is 7.56. The Labute approximate surface area is 119 Å². The quantitative estimate of drug-likeness (QED) is 0.827. The van der Waals surface area contributed by atoms with Gasteiger partial charge in [-0.1, -0.05) is 13.8 Å². The van der Waals surface area contributed by atoms with Gasteiger partial charge in [0.25, 0.3) is 5.91 Å². The molecule has 4 heteroatoms. The minimum Gasteiger partial charge on any atom is -0.368 e. The third-order valence-corrected chi connectivity index (χ3v) is 4.19. The van der Waals surface area contributed by atoms with E-state index < -0.39 is 0 Å². The van der Waals surface area contributed by atoms with E-state index in [9.17, 15) is 4.79 Å². The van der Waals surface area contributed by atoms with Crippen molar-refractivity contribution in [2.75, 3.05) is 13.2 Å². The van der Waals surface area contributed by atoms with Crippen LogP contribution >= 0.6 is 11.3 Å². The van der Waals surface area contributed by atoms with E-state index in [1.54, 1.807) is 11.3 Å². The standard InChI is InChI=1S/C15H23NO2S/c1-11(2)9-18-12(3)15(17)16-7-4-5-14(16)13-6-8-19-10-13/h6,8,10-12,14H,4-5,7,9H2,1-3H3/t12-,14-/m1/s1. The van der Waals surface area contributed by atoms with Gasteiger partial charge < -0.3 is 9.64 Å². The Hall–Kier alpha value is -0.870. The summed E-state index contributed by atoms with van der Waals surface area (Å²) in [5, 5.41) is 4.23. The maximum absolute atomic E-state index is 12.5. The highest BCUT2D eigenvalue weighted by Gasteiger charge is 2.32. The molecule has 0 radical (unpaired) electrons. The van der Waals surface area contributed by atoms with Crippen molar-refractivity contribution in [2.45, 2.75) is 45.8 Å². The molecule has 0 bridgehead atoms. The fraction of sp³-hybridized carbons (Fsp3) is 0.667. The number of amides is 1. The van der Waals surface area contributed by atoms with Gasteiger partial charge >= 0.3 is 0 Å². The molecule has 106 valence electrons. The highest BCUT2D eigenvalue weighted by molar-refractivity contribution is 7.07. The topological polar surface area (TPSA) is 29.5 Å². The Kier molecular flexibility index (Phi) is 4.99. The molecule has 0 aliphatic carbocycles. The number of ether oxygens (including phenoxy) is 1. The lowest BCUT2D eigenvalue weighted by Crippen LogP contribution is -2.39. The normalized spacial score (nSPS) is 21.1. The second-order valence-corrected chi connectivity index (χ2v) is 6.40. The highest BCUT2D eigenvalue weighted by Crippen LogP contribution is 2.33. The molecule has 1 aromatic heterocycles. The van der Waals surface area contributed by atoms with Gasteiger partial charge in [0.2, 0.25) is 0 Å².